The largest absolute Gasteiger partial charge is 0.376 e. The normalized spacial score (nSPS) is 20.7. The lowest BCUT2D eigenvalue weighted by Gasteiger charge is -2.20. The Kier molecular flexibility index (Phi) is 4.66. The van der Waals surface area contributed by atoms with Crippen molar-refractivity contribution >= 4 is 17.7 Å². The summed E-state index contributed by atoms with van der Waals surface area (Å²) in [5.41, 5.74) is 0.745. The minimum atomic E-state index is -0.0112. The maximum atomic E-state index is 12.2. The van der Waals surface area contributed by atoms with E-state index in [1.165, 1.54) is 0 Å². The number of carbonyl (C=O) groups is 1. The Balaban J connectivity index is 2.02. The summed E-state index contributed by atoms with van der Waals surface area (Å²) in [7, 11) is 0. The number of benzene rings is 1. The zero-order chi connectivity index (χ0) is 13.0. The second kappa shape index (κ2) is 6.25. The molecular formula is C14H19NO2S. The summed E-state index contributed by atoms with van der Waals surface area (Å²) in [4.78, 5) is 13.2. The van der Waals surface area contributed by atoms with Crippen LogP contribution >= 0.6 is 11.8 Å². The highest BCUT2D eigenvalue weighted by atomic mass is 32.2. The zero-order valence-corrected chi connectivity index (χ0v) is 11.6. The number of carbonyl (C=O) groups excluding carboxylic acids is 1. The summed E-state index contributed by atoms with van der Waals surface area (Å²) in [6.07, 6.45) is 4.27. The van der Waals surface area contributed by atoms with Crippen LogP contribution in [0, 0.1) is 0 Å². The molecule has 3 nitrogen and oxygen atoms in total. The van der Waals surface area contributed by atoms with E-state index in [1.54, 1.807) is 11.8 Å². The quantitative estimate of drug-likeness (QED) is 0.851. The molecule has 1 aromatic rings. The minimum Gasteiger partial charge on any atom is -0.376 e. The van der Waals surface area contributed by atoms with Gasteiger partial charge in [-0.15, -0.1) is 11.8 Å². The molecule has 1 heterocycles. The van der Waals surface area contributed by atoms with Crippen molar-refractivity contribution in [3.63, 3.8) is 0 Å². The second-order valence-electron chi connectivity index (χ2n) is 4.51. The van der Waals surface area contributed by atoms with E-state index in [2.05, 4.69) is 5.32 Å². The molecule has 1 fully saturated rings. The average Bonchev–Trinajstić information content (AvgIpc) is 2.92. The molecular weight excluding hydrogens is 246 g/mol. The first-order valence-electron chi connectivity index (χ1n) is 6.28. The van der Waals surface area contributed by atoms with Crippen LogP contribution in [0.4, 0.5) is 0 Å². The molecule has 0 aliphatic carbocycles. The highest BCUT2D eigenvalue weighted by molar-refractivity contribution is 7.98. The lowest BCUT2D eigenvalue weighted by atomic mass is 10.1. The first-order chi connectivity index (χ1) is 8.72. The standard InChI is InChI=1S/C14H19NO2S/c1-10(12-7-5-9-17-12)15-14(16)11-6-3-4-8-13(11)18-2/h3-4,6,8,10,12H,5,7,9H2,1-2H3,(H,15,16)/t10-,12+/m1/s1. The van der Waals surface area contributed by atoms with Gasteiger partial charge in [0.25, 0.3) is 5.91 Å². The van der Waals surface area contributed by atoms with Crippen LogP contribution in [0.3, 0.4) is 0 Å². The molecule has 0 radical (unpaired) electrons. The molecule has 0 spiro atoms. The summed E-state index contributed by atoms with van der Waals surface area (Å²) in [5, 5.41) is 3.04. The van der Waals surface area contributed by atoms with Crippen LogP contribution in [0.15, 0.2) is 29.2 Å². The zero-order valence-electron chi connectivity index (χ0n) is 10.8. The molecule has 4 heteroatoms. The second-order valence-corrected chi connectivity index (χ2v) is 5.36. The minimum absolute atomic E-state index is 0.0112. The molecule has 0 unspecified atom stereocenters. The maximum absolute atomic E-state index is 12.2. The number of amides is 1. The highest BCUT2D eigenvalue weighted by Gasteiger charge is 2.24. The Labute approximate surface area is 112 Å². The fraction of sp³-hybridized carbons (Fsp3) is 0.500. The molecule has 1 amide bonds. The maximum Gasteiger partial charge on any atom is 0.252 e. The number of hydrogen-bond acceptors (Lipinski definition) is 3. The van der Waals surface area contributed by atoms with Crippen molar-refractivity contribution in [2.75, 3.05) is 12.9 Å². The van der Waals surface area contributed by atoms with Gasteiger partial charge in [0.15, 0.2) is 0 Å². The molecule has 1 saturated heterocycles. The van der Waals surface area contributed by atoms with E-state index in [0.29, 0.717) is 0 Å². The highest BCUT2D eigenvalue weighted by Crippen LogP contribution is 2.21. The van der Waals surface area contributed by atoms with Gasteiger partial charge in [-0.3, -0.25) is 4.79 Å². The Hall–Kier alpha value is -1.00. The summed E-state index contributed by atoms with van der Waals surface area (Å²) in [6.45, 7) is 2.82. The number of rotatable bonds is 4. The van der Waals surface area contributed by atoms with Gasteiger partial charge in [0.1, 0.15) is 0 Å². The fourth-order valence-corrected chi connectivity index (χ4v) is 2.80. The number of ether oxygens (including phenoxy) is 1. The summed E-state index contributed by atoms with van der Waals surface area (Å²) in [6, 6.07) is 7.74. The van der Waals surface area contributed by atoms with Crippen molar-refractivity contribution in [2.45, 2.75) is 36.8 Å². The monoisotopic (exact) mass is 265 g/mol. The van der Waals surface area contributed by atoms with Gasteiger partial charge in [-0.05, 0) is 38.2 Å². The Morgan fingerprint density at radius 3 is 2.94 bits per heavy atom. The lowest BCUT2D eigenvalue weighted by molar-refractivity contribution is 0.0710. The molecule has 2 rings (SSSR count). The summed E-state index contributed by atoms with van der Waals surface area (Å²) in [5.74, 6) is -0.0112. The summed E-state index contributed by atoms with van der Waals surface area (Å²) < 4.78 is 5.59. The molecule has 98 valence electrons. The van der Waals surface area contributed by atoms with Crippen molar-refractivity contribution in [1.82, 2.24) is 5.32 Å². The van der Waals surface area contributed by atoms with Crippen LogP contribution in [0.1, 0.15) is 30.1 Å². The Morgan fingerprint density at radius 1 is 1.50 bits per heavy atom. The molecule has 0 saturated carbocycles. The van der Waals surface area contributed by atoms with Crippen molar-refractivity contribution in [2.24, 2.45) is 0 Å². The third kappa shape index (κ3) is 3.06. The average molecular weight is 265 g/mol. The van der Waals surface area contributed by atoms with Gasteiger partial charge < -0.3 is 10.1 Å². The van der Waals surface area contributed by atoms with E-state index in [9.17, 15) is 4.79 Å². The smallest absolute Gasteiger partial charge is 0.252 e. The SMILES string of the molecule is CSc1ccccc1C(=O)N[C@H](C)[C@@H]1CCCO1. The van der Waals surface area contributed by atoms with E-state index in [-0.39, 0.29) is 18.1 Å². The summed E-state index contributed by atoms with van der Waals surface area (Å²) >= 11 is 1.59. The van der Waals surface area contributed by atoms with Crippen LogP contribution in [0.2, 0.25) is 0 Å². The van der Waals surface area contributed by atoms with Gasteiger partial charge >= 0.3 is 0 Å². The van der Waals surface area contributed by atoms with Crippen molar-refractivity contribution in [3.8, 4) is 0 Å². The van der Waals surface area contributed by atoms with Gasteiger partial charge in [-0.25, -0.2) is 0 Å². The van der Waals surface area contributed by atoms with Gasteiger partial charge in [0, 0.05) is 11.5 Å². The molecule has 1 aromatic carbocycles. The first-order valence-corrected chi connectivity index (χ1v) is 7.50. The number of hydrogen-bond donors (Lipinski definition) is 1. The predicted molar refractivity (Wildman–Crippen MR) is 74.1 cm³/mol. The third-order valence-corrected chi connectivity index (χ3v) is 4.03. The van der Waals surface area contributed by atoms with Gasteiger partial charge in [-0.1, -0.05) is 12.1 Å². The molecule has 1 aliphatic rings. The predicted octanol–water partition coefficient (Wildman–Crippen LogP) is 2.71. The van der Waals surface area contributed by atoms with Gasteiger partial charge in [0.2, 0.25) is 0 Å². The molecule has 18 heavy (non-hydrogen) atoms. The van der Waals surface area contributed by atoms with Gasteiger partial charge in [-0.2, -0.15) is 0 Å². The van der Waals surface area contributed by atoms with E-state index >= 15 is 0 Å². The Bertz CT molecular complexity index is 416. The number of thioether (sulfide) groups is 1. The molecule has 0 aromatic heterocycles. The van der Waals surface area contributed by atoms with Crippen LogP contribution in [-0.4, -0.2) is 30.9 Å². The van der Waals surface area contributed by atoms with Crippen molar-refractivity contribution < 1.29 is 9.53 Å². The molecule has 0 bridgehead atoms. The fourth-order valence-electron chi connectivity index (χ4n) is 2.21. The van der Waals surface area contributed by atoms with E-state index in [0.717, 1.165) is 29.9 Å². The topological polar surface area (TPSA) is 38.3 Å². The molecule has 1 N–H and O–H groups in total. The number of nitrogens with one attached hydrogen (secondary N) is 1. The van der Waals surface area contributed by atoms with Gasteiger partial charge in [0.05, 0.1) is 17.7 Å². The van der Waals surface area contributed by atoms with Crippen molar-refractivity contribution in [1.29, 1.82) is 0 Å². The van der Waals surface area contributed by atoms with E-state index in [1.807, 2.05) is 37.4 Å². The van der Waals surface area contributed by atoms with Crippen LogP contribution in [-0.2, 0) is 4.74 Å². The molecule has 1 aliphatic heterocycles. The van der Waals surface area contributed by atoms with Crippen molar-refractivity contribution in [3.05, 3.63) is 29.8 Å². The third-order valence-electron chi connectivity index (χ3n) is 3.23. The molecule has 2 atom stereocenters. The van der Waals surface area contributed by atoms with E-state index in [4.69, 9.17) is 4.74 Å². The first kappa shape index (κ1) is 13.4. The lowest BCUT2D eigenvalue weighted by Crippen LogP contribution is -2.41. The Morgan fingerprint density at radius 2 is 2.28 bits per heavy atom. The van der Waals surface area contributed by atoms with E-state index < -0.39 is 0 Å². The van der Waals surface area contributed by atoms with Crippen LogP contribution in [0.25, 0.3) is 0 Å². The van der Waals surface area contributed by atoms with Crippen LogP contribution < -0.4 is 5.32 Å². The van der Waals surface area contributed by atoms with Crippen LogP contribution in [0.5, 0.6) is 0 Å².